The lowest BCUT2D eigenvalue weighted by Gasteiger charge is -1.98. The minimum Gasteiger partial charge on any atom is -0.460 e. The molecule has 6 heteroatoms. The second-order valence-electron chi connectivity index (χ2n) is 2.42. The Bertz CT molecular complexity index is 266. The third-order valence-corrected chi connectivity index (χ3v) is 1.22. The molecule has 0 aliphatic heterocycles. The maximum atomic E-state index is 11.0. The summed E-state index contributed by atoms with van der Waals surface area (Å²) in [6, 6.07) is 0. The van der Waals surface area contributed by atoms with E-state index in [0.717, 1.165) is 7.11 Å². The van der Waals surface area contributed by atoms with Crippen molar-refractivity contribution in [2.24, 2.45) is 0 Å². The van der Waals surface area contributed by atoms with E-state index in [2.05, 4.69) is 9.53 Å². The first-order valence-corrected chi connectivity index (χ1v) is 3.54. The molecule has 0 amide bonds. The van der Waals surface area contributed by atoms with Gasteiger partial charge in [0.25, 0.3) is 5.78 Å². The minimum atomic E-state index is -1.02. The van der Waals surface area contributed by atoms with E-state index in [4.69, 9.17) is 10.6 Å². The zero-order chi connectivity index (χ0) is 10.4. The smallest absolute Gasteiger partial charge is 0.441 e. The molecule has 0 rings (SSSR count). The van der Waals surface area contributed by atoms with Crippen molar-refractivity contribution in [2.75, 3.05) is 7.11 Å². The summed E-state index contributed by atoms with van der Waals surface area (Å²) in [5.41, 5.74) is 7.59. The predicted molar refractivity (Wildman–Crippen MR) is 41.9 cm³/mol. The summed E-state index contributed by atoms with van der Waals surface area (Å²) in [4.78, 5) is 24.3. The molecule has 1 atom stereocenters. The highest BCUT2D eigenvalue weighted by molar-refractivity contribution is 6.62. The van der Waals surface area contributed by atoms with Crippen LogP contribution >= 0.6 is 0 Å². The van der Waals surface area contributed by atoms with Gasteiger partial charge < -0.3 is 15.4 Å². The van der Waals surface area contributed by atoms with Crippen molar-refractivity contribution in [1.82, 2.24) is 0 Å². The Balaban J connectivity index is 4.54. The third kappa shape index (κ3) is 3.59. The zero-order valence-electron chi connectivity index (χ0n) is 7.35. The van der Waals surface area contributed by atoms with Gasteiger partial charge in [0.2, 0.25) is 0 Å². The normalized spacial score (nSPS) is 11.3. The highest BCUT2D eigenvalue weighted by Crippen LogP contribution is 1.93. The molecule has 0 aliphatic carbocycles. The maximum absolute atomic E-state index is 11.0. The van der Waals surface area contributed by atoms with Gasteiger partial charge in [0, 0.05) is 6.42 Å². The van der Waals surface area contributed by atoms with Gasteiger partial charge in [-0.25, -0.2) is 4.79 Å². The quantitative estimate of drug-likeness (QED) is 0.203. The molecule has 72 valence electrons. The minimum absolute atomic E-state index is 0.283. The van der Waals surface area contributed by atoms with Crippen LogP contribution in [-0.4, -0.2) is 40.6 Å². The molecule has 13 heavy (non-hydrogen) atoms. The number of nitrogens with zero attached hydrogens (tertiary/aromatic N) is 2. The van der Waals surface area contributed by atoms with Crippen molar-refractivity contribution >= 4 is 17.5 Å². The molecular weight excluding hydrogens is 176 g/mol. The van der Waals surface area contributed by atoms with Crippen molar-refractivity contribution in [3.05, 3.63) is 5.53 Å². The zero-order valence-corrected chi connectivity index (χ0v) is 7.35. The second-order valence-corrected chi connectivity index (χ2v) is 2.42. The van der Waals surface area contributed by atoms with E-state index in [1.807, 2.05) is 0 Å². The Morgan fingerprint density at radius 2 is 2.15 bits per heavy atom. The summed E-state index contributed by atoms with van der Waals surface area (Å²) in [5.74, 6) is -1.78. The van der Waals surface area contributed by atoms with Crippen molar-refractivity contribution in [3.8, 4) is 0 Å². The van der Waals surface area contributed by atoms with Crippen LogP contribution in [0.3, 0.4) is 0 Å². The van der Waals surface area contributed by atoms with Crippen LogP contribution in [0.2, 0.25) is 0 Å². The highest BCUT2D eigenvalue weighted by atomic mass is 16.5. The number of carbonyl (C=O) groups is 2. The van der Waals surface area contributed by atoms with Crippen molar-refractivity contribution in [2.45, 2.75) is 19.4 Å². The molecule has 0 aromatic rings. The molecule has 0 aromatic carbocycles. The molecule has 0 saturated heterocycles. The van der Waals surface area contributed by atoms with Crippen LogP contribution in [0.15, 0.2) is 0 Å². The average molecular weight is 186 g/mol. The van der Waals surface area contributed by atoms with Crippen LogP contribution in [-0.2, 0) is 14.3 Å². The van der Waals surface area contributed by atoms with E-state index in [1.54, 1.807) is 0 Å². The Morgan fingerprint density at radius 3 is 2.46 bits per heavy atom. The fourth-order valence-corrected chi connectivity index (χ4v) is 0.672. The molecule has 0 fully saturated rings. The SMILES string of the molecule is COC(=O)C(=[N+]=[N-])C(=O)CC(C)O. The number of esters is 1. The van der Waals surface area contributed by atoms with Gasteiger partial charge >= 0.3 is 11.7 Å². The number of aliphatic hydroxyl groups excluding tert-OH is 1. The molecule has 0 radical (unpaired) electrons. The van der Waals surface area contributed by atoms with E-state index < -0.39 is 23.6 Å². The number of hydrogen-bond acceptors (Lipinski definition) is 4. The van der Waals surface area contributed by atoms with Crippen LogP contribution in [0.5, 0.6) is 0 Å². The number of ketones is 1. The fraction of sp³-hybridized carbons (Fsp3) is 0.571. The molecule has 6 nitrogen and oxygen atoms in total. The first-order chi connectivity index (χ1) is 6.02. The largest absolute Gasteiger partial charge is 0.460 e. The summed E-state index contributed by atoms with van der Waals surface area (Å²) in [6.07, 6.45) is -1.18. The van der Waals surface area contributed by atoms with Crippen LogP contribution < -0.4 is 0 Å². The first-order valence-electron chi connectivity index (χ1n) is 3.54. The van der Waals surface area contributed by atoms with E-state index in [1.165, 1.54) is 6.92 Å². The van der Waals surface area contributed by atoms with E-state index in [9.17, 15) is 9.59 Å². The Labute approximate surface area is 74.7 Å². The number of methoxy groups -OCH3 is 1. The van der Waals surface area contributed by atoms with Gasteiger partial charge in [-0.05, 0) is 6.92 Å². The molecule has 0 heterocycles. The molecular formula is C7H10N2O4. The standard InChI is InChI=1S/C7H10N2O4/c1-4(10)3-5(11)6(9-8)7(12)13-2/h4,10H,3H2,1-2H3. The van der Waals surface area contributed by atoms with Crippen molar-refractivity contribution in [1.29, 1.82) is 0 Å². The van der Waals surface area contributed by atoms with Crippen LogP contribution in [0.4, 0.5) is 0 Å². The second kappa shape index (κ2) is 5.18. The van der Waals surface area contributed by atoms with E-state index in [0.29, 0.717) is 0 Å². The van der Waals surface area contributed by atoms with Crippen molar-refractivity contribution < 1.29 is 24.2 Å². The van der Waals surface area contributed by atoms with Gasteiger partial charge in [-0.15, -0.1) is 0 Å². The maximum Gasteiger partial charge on any atom is 0.441 e. The monoisotopic (exact) mass is 186 g/mol. The average Bonchev–Trinajstić information content (AvgIpc) is 2.03. The Kier molecular flexibility index (Phi) is 4.58. The summed E-state index contributed by atoms with van der Waals surface area (Å²) in [6.45, 7) is 1.38. The van der Waals surface area contributed by atoms with E-state index >= 15 is 0 Å². The predicted octanol–water partition coefficient (Wildman–Crippen LogP) is -0.830. The molecule has 0 saturated carbocycles. The number of rotatable bonds is 4. The van der Waals surface area contributed by atoms with Gasteiger partial charge in [-0.2, -0.15) is 4.79 Å². The Hall–Kier alpha value is -1.52. The lowest BCUT2D eigenvalue weighted by atomic mass is 10.1. The van der Waals surface area contributed by atoms with Crippen LogP contribution in [0.25, 0.3) is 5.53 Å². The van der Waals surface area contributed by atoms with Gasteiger partial charge in [-0.3, -0.25) is 4.79 Å². The Morgan fingerprint density at radius 1 is 1.62 bits per heavy atom. The topological polar surface area (TPSA) is 100 Å². The number of carbonyl (C=O) groups excluding carboxylic acids is 2. The lowest BCUT2D eigenvalue weighted by molar-refractivity contribution is -0.139. The molecule has 1 N–H and O–H groups in total. The van der Waals surface area contributed by atoms with Gasteiger partial charge in [-0.1, -0.05) is 0 Å². The van der Waals surface area contributed by atoms with E-state index in [-0.39, 0.29) is 6.42 Å². The highest BCUT2D eigenvalue weighted by Gasteiger charge is 2.30. The van der Waals surface area contributed by atoms with Crippen LogP contribution in [0, 0.1) is 0 Å². The molecule has 0 bridgehead atoms. The van der Waals surface area contributed by atoms with Gasteiger partial charge in [0.05, 0.1) is 13.2 Å². The van der Waals surface area contributed by atoms with Crippen molar-refractivity contribution in [3.63, 3.8) is 0 Å². The molecule has 0 spiro atoms. The summed E-state index contributed by atoms with van der Waals surface area (Å²) in [5, 5.41) is 8.81. The lowest BCUT2D eigenvalue weighted by Crippen LogP contribution is -2.28. The summed E-state index contributed by atoms with van der Waals surface area (Å²) < 4.78 is 4.17. The summed E-state index contributed by atoms with van der Waals surface area (Å²) in [7, 11) is 1.06. The van der Waals surface area contributed by atoms with Crippen LogP contribution in [0.1, 0.15) is 13.3 Å². The first kappa shape index (κ1) is 11.5. The number of ether oxygens (including phenoxy) is 1. The van der Waals surface area contributed by atoms with Gasteiger partial charge in [0.15, 0.2) is 0 Å². The number of Topliss-reactive ketones (excluding diaryl/α,β-unsaturated/α-hetero) is 1. The number of aliphatic hydroxyl groups is 1. The molecule has 0 aliphatic rings. The third-order valence-electron chi connectivity index (χ3n) is 1.22. The summed E-state index contributed by atoms with van der Waals surface area (Å²) >= 11 is 0. The van der Waals surface area contributed by atoms with Gasteiger partial charge in [0.1, 0.15) is 0 Å². The molecule has 1 unspecified atom stereocenters. The fourth-order valence-electron chi connectivity index (χ4n) is 0.672. The number of hydrogen-bond donors (Lipinski definition) is 1. The molecule has 0 aromatic heterocycles.